The summed E-state index contributed by atoms with van der Waals surface area (Å²) < 4.78 is 14.9. The van der Waals surface area contributed by atoms with E-state index < -0.39 is 11.6 Å². The highest BCUT2D eigenvalue weighted by atomic mass is 16.5. The van der Waals surface area contributed by atoms with Gasteiger partial charge in [-0.3, -0.25) is 0 Å². The predicted molar refractivity (Wildman–Crippen MR) is 73.8 cm³/mol. The number of ether oxygens (including phenoxy) is 2. The number of rotatable bonds is 4. The molecule has 0 unspecified atom stereocenters. The molecule has 0 aliphatic heterocycles. The zero-order chi connectivity index (χ0) is 15.4. The third-order valence-electron chi connectivity index (χ3n) is 2.68. The summed E-state index contributed by atoms with van der Waals surface area (Å²) in [4.78, 5) is 26.1. The smallest absolute Gasteiger partial charge is 0.351 e. The van der Waals surface area contributed by atoms with E-state index in [1.807, 2.05) is 0 Å². The molecular formula is C13H11N3O5. The molecule has 8 heteroatoms. The van der Waals surface area contributed by atoms with Crippen LogP contribution in [0, 0.1) is 0 Å². The maximum Gasteiger partial charge on any atom is 0.351 e. The van der Waals surface area contributed by atoms with E-state index in [0.29, 0.717) is 5.39 Å². The Morgan fingerprint density at radius 2 is 2.19 bits per heavy atom. The molecule has 0 saturated carbocycles. The van der Waals surface area contributed by atoms with Gasteiger partial charge in [0.1, 0.15) is 16.9 Å². The van der Waals surface area contributed by atoms with Crippen LogP contribution in [0.4, 0.5) is 5.69 Å². The first-order valence-electron chi connectivity index (χ1n) is 5.98. The first-order valence-corrected chi connectivity index (χ1v) is 5.98. The van der Waals surface area contributed by atoms with E-state index in [-0.39, 0.29) is 29.2 Å². The van der Waals surface area contributed by atoms with Crippen LogP contribution in [0.3, 0.4) is 0 Å². The first-order chi connectivity index (χ1) is 10.1. The van der Waals surface area contributed by atoms with Crippen molar-refractivity contribution in [3.8, 4) is 5.75 Å². The molecule has 108 valence electrons. The zero-order valence-electron chi connectivity index (χ0n) is 11.3. The van der Waals surface area contributed by atoms with E-state index in [9.17, 15) is 9.59 Å². The van der Waals surface area contributed by atoms with Crippen molar-refractivity contribution in [2.45, 2.75) is 6.92 Å². The van der Waals surface area contributed by atoms with Crippen molar-refractivity contribution in [3.05, 3.63) is 44.6 Å². The lowest BCUT2D eigenvalue weighted by atomic mass is 10.1. The summed E-state index contributed by atoms with van der Waals surface area (Å²) in [5, 5.41) is 3.90. The van der Waals surface area contributed by atoms with E-state index in [1.54, 1.807) is 6.92 Å². The molecule has 0 radical (unpaired) electrons. The van der Waals surface area contributed by atoms with Crippen LogP contribution in [0.15, 0.2) is 32.5 Å². The highest BCUT2D eigenvalue weighted by molar-refractivity contribution is 5.94. The van der Waals surface area contributed by atoms with E-state index in [0.717, 1.165) is 0 Å². The minimum Gasteiger partial charge on any atom is -0.496 e. The van der Waals surface area contributed by atoms with E-state index in [1.165, 1.54) is 25.3 Å². The average Bonchev–Trinajstić information content (AvgIpc) is 2.46. The Morgan fingerprint density at radius 3 is 2.81 bits per heavy atom. The molecule has 8 nitrogen and oxygen atoms in total. The van der Waals surface area contributed by atoms with Gasteiger partial charge in [-0.05, 0) is 24.6 Å². The summed E-state index contributed by atoms with van der Waals surface area (Å²) in [5.74, 6) is -0.512. The van der Waals surface area contributed by atoms with Crippen molar-refractivity contribution in [1.29, 1.82) is 0 Å². The van der Waals surface area contributed by atoms with Gasteiger partial charge in [-0.25, -0.2) is 9.59 Å². The molecule has 1 aromatic carbocycles. The molecule has 0 atom stereocenters. The van der Waals surface area contributed by atoms with E-state index in [4.69, 9.17) is 19.4 Å². The van der Waals surface area contributed by atoms with Crippen LogP contribution in [0.1, 0.15) is 17.3 Å². The predicted octanol–water partition coefficient (Wildman–Crippen LogP) is 2.92. The molecule has 0 N–H and O–H groups in total. The Labute approximate surface area is 118 Å². The van der Waals surface area contributed by atoms with Crippen molar-refractivity contribution >= 4 is 22.6 Å². The van der Waals surface area contributed by atoms with Gasteiger partial charge in [0.25, 0.3) is 0 Å². The number of hydrogen-bond donors (Lipinski definition) is 0. The lowest BCUT2D eigenvalue weighted by Gasteiger charge is -2.06. The van der Waals surface area contributed by atoms with Crippen molar-refractivity contribution in [2.24, 2.45) is 5.11 Å². The van der Waals surface area contributed by atoms with Crippen molar-refractivity contribution in [1.82, 2.24) is 0 Å². The highest BCUT2D eigenvalue weighted by Crippen LogP contribution is 2.32. The fourth-order valence-corrected chi connectivity index (χ4v) is 1.78. The number of fused-ring (bicyclic) bond motifs is 1. The van der Waals surface area contributed by atoms with Gasteiger partial charge in [0.15, 0.2) is 0 Å². The van der Waals surface area contributed by atoms with Crippen molar-refractivity contribution < 1.29 is 18.7 Å². The van der Waals surface area contributed by atoms with Gasteiger partial charge in [0, 0.05) is 16.4 Å². The van der Waals surface area contributed by atoms with Crippen LogP contribution in [-0.2, 0) is 4.74 Å². The molecule has 0 saturated heterocycles. The van der Waals surface area contributed by atoms with Gasteiger partial charge in [0.2, 0.25) is 0 Å². The Balaban J connectivity index is 2.69. The molecule has 0 aliphatic carbocycles. The fraction of sp³-hybridized carbons (Fsp3) is 0.231. The lowest BCUT2D eigenvalue weighted by Crippen LogP contribution is -2.16. The number of methoxy groups -OCH3 is 1. The molecule has 1 heterocycles. The maximum atomic E-state index is 11.8. The molecule has 0 fully saturated rings. The summed E-state index contributed by atoms with van der Waals surface area (Å²) in [6.07, 6.45) is 0. The molecule has 1 aromatic heterocycles. The minimum atomic E-state index is -0.806. The Morgan fingerprint density at radius 1 is 1.43 bits per heavy atom. The molecular weight excluding hydrogens is 278 g/mol. The lowest BCUT2D eigenvalue weighted by molar-refractivity contribution is 0.0522. The maximum absolute atomic E-state index is 11.8. The number of carbonyl (C=O) groups is 1. The highest BCUT2D eigenvalue weighted by Gasteiger charge is 2.16. The summed E-state index contributed by atoms with van der Waals surface area (Å²) in [6.45, 7) is 1.77. The number of azide groups is 1. The van der Waals surface area contributed by atoms with Crippen LogP contribution in [0.2, 0.25) is 0 Å². The van der Waals surface area contributed by atoms with Gasteiger partial charge >= 0.3 is 11.6 Å². The van der Waals surface area contributed by atoms with Crippen LogP contribution >= 0.6 is 0 Å². The topological polar surface area (TPSA) is 114 Å². The SMILES string of the molecule is CCOC(=O)c1cc2cc(N=[N+]=[N-])c(OC)cc2oc1=O. The Kier molecular flexibility index (Phi) is 4.10. The second kappa shape index (κ2) is 5.98. The summed E-state index contributed by atoms with van der Waals surface area (Å²) in [6, 6.07) is 4.20. The van der Waals surface area contributed by atoms with Crippen molar-refractivity contribution in [3.63, 3.8) is 0 Å². The second-order valence-corrected chi connectivity index (χ2v) is 3.92. The Hall–Kier alpha value is -2.99. The number of esters is 1. The molecule has 0 aliphatic rings. The number of benzene rings is 1. The molecule has 2 aromatic rings. The molecule has 2 rings (SSSR count). The van der Waals surface area contributed by atoms with E-state index >= 15 is 0 Å². The van der Waals surface area contributed by atoms with Gasteiger partial charge in [-0.1, -0.05) is 5.11 Å². The van der Waals surface area contributed by atoms with Crippen LogP contribution in [0.5, 0.6) is 5.75 Å². The normalized spacial score (nSPS) is 10.0. The van der Waals surface area contributed by atoms with Gasteiger partial charge in [0.05, 0.1) is 19.4 Å². The quantitative estimate of drug-likeness (QED) is 0.282. The number of hydrogen-bond acceptors (Lipinski definition) is 6. The molecule has 0 bridgehead atoms. The largest absolute Gasteiger partial charge is 0.496 e. The van der Waals surface area contributed by atoms with Crippen molar-refractivity contribution in [2.75, 3.05) is 13.7 Å². The standard InChI is InChI=1S/C13H11N3O5/c1-3-20-12(17)8-4-7-5-9(15-16-14)11(19-2)6-10(7)21-13(8)18/h4-6H,3H2,1-2H3. The average molecular weight is 289 g/mol. The van der Waals surface area contributed by atoms with Gasteiger partial charge < -0.3 is 13.9 Å². The molecule has 0 amide bonds. The monoisotopic (exact) mass is 289 g/mol. The van der Waals surface area contributed by atoms with E-state index in [2.05, 4.69) is 10.0 Å². The van der Waals surface area contributed by atoms with Gasteiger partial charge in [-0.2, -0.15) is 0 Å². The number of carbonyl (C=O) groups excluding carboxylic acids is 1. The summed E-state index contributed by atoms with van der Waals surface area (Å²) >= 11 is 0. The fourth-order valence-electron chi connectivity index (χ4n) is 1.78. The minimum absolute atomic E-state index is 0.142. The van der Waals surface area contributed by atoms with Crippen LogP contribution in [0.25, 0.3) is 21.4 Å². The van der Waals surface area contributed by atoms with Crippen LogP contribution in [-0.4, -0.2) is 19.7 Å². The van der Waals surface area contributed by atoms with Gasteiger partial charge in [-0.15, -0.1) is 0 Å². The first kappa shape index (κ1) is 14.4. The zero-order valence-corrected chi connectivity index (χ0v) is 11.3. The Bertz CT molecular complexity index is 805. The summed E-state index contributed by atoms with van der Waals surface area (Å²) in [5.41, 5.74) is 7.93. The number of nitrogens with zero attached hydrogens (tertiary/aromatic N) is 3. The third-order valence-corrected chi connectivity index (χ3v) is 2.68. The molecule has 0 spiro atoms. The summed E-state index contributed by atoms with van der Waals surface area (Å²) in [7, 11) is 1.39. The second-order valence-electron chi connectivity index (χ2n) is 3.92. The molecule has 21 heavy (non-hydrogen) atoms. The third kappa shape index (κ3) is 2.80. The van der Waals surface area contributed by atoms with Crippen LogP contribution < -0.4 is 10.4 Å².